The first-order valence-corrected chi connectivity index (χ1v) is 7.55. The second kappa shape index (κ2) is 5.52. The van der Waals surface area contributed by atoms with Gasteiger partial charge in [0.05, 0.1) is 12.2 Å². The summed E-state index contributed by atoms with van der Waals surface area (Å²) in [6, 6.07) is 8.92. The lowest BCUT2D eigenvalue weighted by Gasteiger charge is -2.19. The van der Waals surface area contributed by atoms with E-state index in [0.29, 0.717) is 12.6 Å². The highest BCUT2D eigenvalue weighted by atomic mass is 16.6. The van der Waals surface area contributed by atoms with Gasteiger partial charge in [0.1, 0.15) is 12.4 Å². The summed E-state index contributed by atoms with van der Waals surface area (Å²) in [5.41, 5.74) is 2.30. The minimum Gasteiger partial charge on any atom is -0.490 e. The minimum absolute atomic E-state index is 0.00339. The van der Waals surface area contributed by atoms with Gasteiger partial charge in [-0.3, -0.25) is 4.57 Å². The monoisotopic (exact) mass is 298 g/mol. The molecule has 1 aliphatic heterocycles. The van der Waals surface area contributed by atoms with E-state index in [1.165, 1.54) is 5.56 Å². The molecule has 4 heteroatoms. The zero-order valence-electron chi connectivity index (χ0n) is 13.4. The van der Waals surface area contributed by atoms with Crippen LogP contribution in [0.5, 0.6) is 11.8 Å². The Morgan fingerprint density at radius 2 is 2.09 bits per heavy atom. The van der Waals surface area contributed by atoms with Crippen LogP contribution in [0.4, 0.5) is 0 Å². The van der Waals surface area contributed by atoms with Crippen molar-refractivity contribution in [2.75, 3.05) is 6.61 Å². The van der Waals surface area contributed by atoms with E-state index in [-0.39, 0.29) is 11.5 Å². The molecule has 1 aromatic heterocycles. The van der Waals surface area contributed by atoms with E-state index in [2.05, 4.69) is 44.5 Å². The van der Waals surface area contributed by atoms with E-state index >= 15 is 0 Å². The quantitative estimate of drug-likeness (QED) is 0.864. The number of hydrogen-bond donors (Lipinski definition) is 0. The molecule has 0 fully saturated rings. The van der Waals surface area contributed by atoms with E-state index in [1.807, 2.05) is 22.9 Å². The van der Waals surface area contributed by atoms with Crippen LogP contribution in [0.15, 0.2) is 37.0 Å². The van der Waals surface area contributed by atoms with Gasteiger partial charge in [-0.05, 0) is 29.2 Å². The topological polar surface area (TPSA) is 36.3 Å². The highest BCUT2D eigenvalue weighted by molar-refractivity contribution is 5.41. The summed E-state index contributed by atoms with van der Waals surface area (Å²) in [7, 11) is 0. The van der Waals surface area contributed by atoms with E-state index in [0.717, 1.165) is 18.0 Å². The molecule has 0 N–H and O–H groups in total. The maximum Gasteiger partial charge on any atom is 0.297 e. The largest absolute Gasteiger partial charge is 0.490 e. The number of benzene rings is 1. The highest BCUT2D eigenvalue weighted by Gasteiger charge is 2.25. The average Bonchev–Trinajstić information content (AvgIpc) is 3.02. The van der Waals surface area contributed by atoms with E-state index in [1.54, 1.807) is 6.08 Å². The Morgan fingerprint density at radius 3 is 2.68 bits per heavy atom. The molecule has 3 rings (SSSR count). The molecule has 116 valence electrons. The molecule has 0 saturated carbocycles. The maximum absolute atomic E-state index is 5.83. The fraction of sp³-hybridized carbons (Fsp3) is 0.389. The second-order valence-corrected chi connectivity index (χ2v) is 6.63. The maximum atomic E-state index is 5.83. The van der Waals surface area contributed by atoms with Crippen molar-refractivity contribution in [2.45, 2.75) is 38.8 Å². The lowest BCUT2D eigenvalue weighted by Crippen LogP contribution is -2.23. The summed E-state index contributed by atoms with van der Waals surface area (Å²) in [5.74, 6) is 0.868. The molecular weight excluding hydrogens is 276 g/mol. The van der Waals surface area contributed by atoms with Gasteiger partial charge in [0.25, 0.3) is 6.01 Å². The minimum atomic E-state index is 0.00339. The molecule has 0 spiro atoms. The van der Waals surface area contributed by atoms with Gasteiger partial charge < -0.3 is 9.47 Å². The smallest absolute Gasteiger partial charge is 0.297 e. The third-order valence-electron chi connectivity index (χ3n) is 3.80. The molecular formula is C18H22N2O2. The summed E-state index contributed by atoms with van der Waals surface area (Å²) >= 11 is 0. The van der Waals surface area contributed by atoms with Crippen LogP contribution in [-0.2, 0) is 12.0 Å². The summed E-state index contributed by atoms with van der Waals surface area (Å²) in [4.78, 5) is 4.32. The van der Waals surface area contributed by atoms with Crippen LogP contribution < -0.4 is 9.47 Å². The van der Waals surface area contributed by atoms with Gasteiger partial charge in [0.15, 0.2) is 6.10 Å². The van der Waals surface area contributed by atoms with Gasteiger partial charge in [0.2, 0.25) is 0 Å². The predicted octanol–water partition coefficient (Wildman–Crippen LogP) is 3.66. The molecule has 0 aliphatic carbocycles. The Bertz CT molecular complexity index is 642. The van der Waals surface area contributed by atoms with Crippen LogP contribution in [0.1, 0.15) is 32.0 Å². The van der Waals surface area contributed by atoms with Crippen molar-refractivity contribution in [3.05, 3.63) is 48.3 Å². The normalized spacial score (nSPS) is 17.0. The molecule has 2 aromatic rings. The van der Waals surface area contributed by atoms with Crippen LogP contribution >= 0.6 is 0 Å². The highest BCUT2D eigenvalue weighted by Crippen LogP contribution is 2.25. The van der Waals surface area contributed by atoms with Gasteiger partial charge in [-0.2, -0.15) is 4.98 Å². The molecule has 1 aliphatic rings. The van der Waals surface area contributed by atoms with Crippen molar-refractivity contribution >= 4 is 6.08 Å². The first-order chi connectivity index (χ1) is 10.5. The fourth-order valence-corrected chi connectivity index (χ4v) is 2.47. The molecule has 4 nitrogen and oxygen atoms in total. The second-order valence-electron chi connectivity index (χ2n) is 6.63. The van der Waals surface area contributed by atoms with Crippen LogP contribution in [-0.4, -0.2) is 22.3 Å². The van der Waals surface area contributed by atoms with Crippen molar-refractivity contribution in [1.82, 2.24) is 9.55 Å². The predicted molar refractivity (Wildman–Crippen MR) is 87.4 cm³/mol. The van der Waals surface area contributed by atoms with Crippen LogP contribution in [0.25, 0.3) is 6.08 Å². The zero-order chi connectivity index (χ0) is 15.7. The van der Waals surface area contributed by atoms with Crippen LogP contribution in [0, 0.1) is 0 Å². The molecule has 1 atom stereocenters. The van der Waals surface area contributed by atoms with Gasteiger partial charge in [-0.15, -0.1) is 0 Å². The van der Waals surface area contributed by atoms with Crippen molar-refractivity contribution in [3.8, 4) is 11.8 Å². The van der Waals surface area contributed by atoms with Crippen molar-refractivity contribution in [2.24, 2.45) is 0 Å². The number of nitrogens with zero attached hydrogens (tertiary/aromatic N) is 2. The number of aromatic nitrogens is 2. The number of fused-ring (bicyclic) bond motifs is 1. The van der Waals surface area contributed by atoms with Gasteiger partial charge >= 0.3 is 0 Å². The van der Waals surface area contributed by atoms with Gasteiger partial charge in [-0.1, -0.05) is 39.5 Å². The van der Waals surface area contributed by atoms with E-state index in [9.17, 15) is 0 Å². The Kier molecular flexibility index (Phi) is 3.69. The SMILES string of the molecule is C=Cc1cn2c(n1)O[C@H](COc1ccc(C(C)(C)C)cc1)C2. The Morgan fingerprint density at radius 1 is 1.36 bits per heavy atom. The summed E-state index contributed by atoms with van der Waals surface area (Å²) in [6.07, 6.45) is 3.67. The molecule has 0 amide bonds. The Hall–Kier alpha value is -2.23. The van der Waals surface area contributed by atoms with Gasteiger partial charge in [0, 0.05) is 6.20 Å². The molecule has 22 heavy (non-hydrogen) atoms. The number of rotatable bonds is 4. The first kappa shape index (κ1) is 14.7. The Labute approximate surface area is 131 Å². The summed E-state index contributed by atoms with van der Waals surface area (Å²) in [5, 5.41) is 0. The summed E-state index contributed by atoms with van der Waals surface area (Å²) < 4.78 is 13.6. The fourth-order valence-electron chi connectivity index (χ4n) is 2.47. The van der Waals surface area contributed by atoms with Gasteiger partial charge in [-0.25, -0.2) is 0 Å². The van der Waals surface area contributed by atoms with E-state index in [4.69, 9.17) is 9.47 Å². The standard InChI is InChI=1S/C18H22N2O2/c1-5-14-10-20-11-16(22-17(20)19-14)12-21-15-8-6-13(7-9-15)18(2,3)4/h5-10,16H,1,11-12H2,2-4H3/t16-/m0/s1. The lowest BCUT2D eigenvalue weighted by molar-refractivity contribution is 0.143. The third kappa shape index (κ3) is 3.01. The molecule has 0 unspecified atom stereocenters. The summed E-state index contributed by atoms with van der Waals surface area (Å²) in [6.45, 7) is 11.6. The number of imidazole rings is 1. The molecule has 0 saturated heterocycles. The van der Waals surface area contributed by atoms with Crippen molar-refractivity contribution < 1.29 is 9.47 Å². The molecule has 2 heterocycles. The molecule has 0 bridgehead atoms. The third-order valence-corrected chi connectivity index (χ3v) is 3.80. The van der Waals surface area contributed by atoms with E-state index < -0.39 is 0 Å². The first-order valence-electron chi connectivity index (χ1n) is 7.55. The van der Waals surface area contributed by atoms with Crippen molar-refractivity contribution in [3.63, 3.8) is 0 Å². The number of hydrogen-bond acceptors (Lipinski definition) is 3. The van der Waals surface area contributed by atoms with Crippen LogP contribution in [0.2, 0.25) is 0 Å². The number of ether oxygens (including phenoxy) is 2. The van der Waals surface area contributed by atoms with Crippen molar-refractivity contribution in [1.29, 1.82) is 0 Å². The molecule has 1 aromatic carbocycles. The lowest BCUT2D eigenvalue weighted by atomic mass is 9.87. The Balaban J connectivity index is 1.55. The molecule has 0 radical (unpaired) electrons. The zero-order valence-corrected chi connectivity index (χ0v) is 13.4. The average molecular weight is 298 g/mol. The van der Waals surface area contributed by atoms with Crippen LogP contribution in [0.3, 0.4) is 0 Å².